The van der Waals surface area contributed by atoms with Crippen LogP contribution in [0.15, 0.2) is 40.9 Å². The first-order valence-corrected chi connectivity index (χ1v) is 24.8. The lowest BCUT2D eigenvalue weighted by Gasteiger charge is -2.32. The van der Waals surface area contributed by atoms with Crippen LogP contribution in [0.5, 0.6) is 0 Å². The standard InChI is InChI=1S/C20H30BF2NO4Si.C14H18BrF2NO2Si/c1-18(2)19(3,4)28-21(27-18)14-8-9-15-16(12-14)24(17(25)20(15,22)23)13-26-10-11-29(5,6)7;1-21(2,3)7-6-20-9-18-12-8-10(15)4-5-11(12)14(16,17)13(18)19/h8-9,12H,10-11,13H2,1-7H3;4-5,8H,6-7,9H2,1-3H3. The second-order valence-electron chi connectivity index (χ2n) is 16.3. The van der Waals surface area contributed by atoms with Gasteiger partial charge in [0.05, 0.1) is 33.7 Å². The van der Waals surface area contributed by atoms with Crippen LogP contribution in [0.3, 0.4) is 0 Å². The van der Waals surface area contributed by atoms with E-state index in [0.717, 1.165) is 21.9 Å². The molecular formula is C34H48BBrF4N2O6Si2. The van der Waals surface area contributed by atoms with Gasteiger partial charge in [-0.15, -0.1) is 0 Å². The Morgan fingerprint density at radius 3 is 1.52 bits per heavy atom. The Bertz CT molecular complexity index is 1590. The van der Waals surface area contributed by atoms with Crippen LogP contribution < -0.4 is 15.3 Å². The minimum atomic E-state index is -3.56. The van der Waals surface area contributed by atoms with Crippen LogP contribution >= 0.6 is 15.9 Å². The van der Waals surface area contributed by atoms with E-state index in [-0.39, 0.29) is 36.0 Å². The zero-order valence-electron chi connectivity index (χ0n) is 30.5. The quantitative estimate of drug-likeness (QED) is 0.131. The molecule has 2 aromatic rings. The van der Waals surface area contributed by atoms with E-state index in [9.17, 15) is 27.2 Å². The first kappa shape index (κ1) is 40.7. The number of ether oxygens (including phenoxy) is 2. The molecule has 0 N–H and O–H groups in total. The molecule has 5 rings (SSSR count). The molecule has 1 fully saturated rings. The summed E-state index contributed by atoms with van der Waals surface area (Å²) in [7, 11) is -3.25. The van der Waals surface area contributed by atoms with Gasteiger partial charge in [-0.25, -0.2) is 0 Å². The molecule has 2 amide bonds. The van der Waals surface area contributed by atoms with Gasteiger partial charge in [-0.1, -0.05) is 67.3 Å². The van der Waals surface area contributed by atoms with Crippen LogP contribution in [0.25, 0.3) is 0 Å². The number of amides is 2. The van der Waals surface area contributed by atoms with Gasteiger partial charge in [0.1, 0.15) is 13.5 Å². The number of rotatable bonds is 11. The number of carbonyl (C=O) groups is 2. The summed E-state index contributed by atoms with van der Waals surface area (Å²) in [6.07, 6.45) is 0. The van der Waals surface area contributed by atoms with Gasteiger partial charge in [0.2, 0.25) is 0 Å². The Hall–Kier alpha value is -2.08. The Kier molecular flexibility index (Phi) is 11.7. The van der Waals surface area contributed by atoms with Crippen molar-refractivity contribution < 1.29 is 45.9 Å². The summed E-state index contributed by atoms with van der Waals surface area (Å²) in [5, 5.41) is 0. The molecule has 0 aromatic heterocycles. The van der Waals surface area contributed by atoms with E-state index in [0.29, 0.717) is 23.1 Å². The van der Waals surface area contributed by atoms with E-state index < -0.39 is 58.1 Å². The fourth-order valence-electron chi connectivity index (χ4n) is 5.27. The zero-order chi connectivity index (χ0) is 37.7. The molecule has 8 nitrogen and oxygen atoms in total. The summed E-state index contributed by atoms with van der Waals surface area (Å²) in [6, 6.07) is 10.5. The minimum absolute atomic E-state index is 0.137. The molecule has 1 saturated heterocycles. The lowest BCUT2D eigenvalue weighted by Crippen LogP contribution is -2.41. The molecule has 50 heavy (non-hydrogen) atoms. The fourth-order valence-corrected chi connectivity index (χ4v) is 7.13. The average molecular weight is 804 g/mol. The molecule has 3 aliphatic heterocycles. The van der Waals surface area contributed by atoms with Crippen molar-refractivity contribution in [3.63, 3.8) is 0 Å². The van der Waals surface area contributed by atoms with Gasteiger partial charge in [-0.2, -0.15) is 17.6 Å². The topological polar surface area (TPSA) is 77.5 Å². The molecule has 276 valence electrons. The van der Waals surface area contributed by atoms with E-state index in [2.05, 4.69) is 55.2 Å². The molecular weight excluding hydrogens is 755 g/mol. The molecule has 0 aliphatic carbocycles. The Balaban J connectivity index is 0.000000237. The maximum Gasteiger partial charge on any atom is 0.494 e. The molecule has 0 bridgehead atoms. The predicted molar refractivity (Wildman–Crippen MR) is 197 cm³/mol. The third-order valence-corrected chi connectivity index (χ3v) is 13.1. The van der Waals surface area contributed by atoms with Crippen molar-refractivity contribution in [2.24, 2.45) is 0 Å². The second-order valence-corrected chi connectivity index (χ2v) is 28.5. The average Bonchev–Trinajstić information content (AvgIpc) is 3.40. The fraction of sp³-hybridized carbons (Fsp3) is 0.588. The first-order valence-electron chi connectivity index (χ1n) is 16.6. The van der Waals surface area contributed by atoms with Crippen molar-refractivity contribution in [2.45, 2.75) is 102 Å². The summed E-state index contributed by atoms with van der Waals surface area (Å²) in [4.78, 5) is 26.3. The lowest BCUT2D eigenvalue weighted by atomic mass is 9.78. The number of anilines is 2. The van der Waals surface area contributed by atoms with Crippen molar-refractivity contribution in [2.75, 3.05) is 36.5 Å². The molecule has 0 radical (unpaired) electrons. The van der Waals surface area contributed by atoms with E-state index in [4.69, 9.17) is 18.8 Å². The van der Waals surface area contributed by atoms with E-state index in [1.165, 1.54) is 30.3 Å². The molecule has 0 atom stereocenters. The van der Waals surface area contributed by atoms with Crippen molar-refractivity contribution in [1.29, 1.82) is 0 Å². The third kappa shape index (κ3) is 8.75. The van der Waals surface area contributed by atoms with Crippen LogP contribution in [0.4, 0.5) is 28.9 Å². The van der Waals surface area contributed by atoms with Gasteiger partial charge in [0, 0.05) is 33.8 Å². The normalized spacial score (nSPS) is 20.2. The Morgan fingerprint density at radius 1 is 0.700 bits per heavy atom. The highest BCUT2D eigenvalue weighted by molar-refractivity contribution is 9.10. The highest BCUT2D eigenvalue weighted by atomic mass is 79.9. The SMILES string of the molecule is CC1(C)OB(c2ccc3c(c2)N(COCC[Si](C)(C)C)C(=O)C3(F)F)OC1(C)C.C[Si](C)(C)CCOCN1C(=O)C(F)(F)c2ccc(Br)cc21. The summed E-state index contributed by atoms with van der Waals surface area (Å²) < 4.78 is 80.7. The van der Waals surface area contributed by atoms with Crippen molar-refractivity contribution >= 4 is 67.8 Å². The number of benzene rings is 2. The maximum absolute atomic E-state index is 14.5. The molecule has 3 heterocycles. The summed E-state index contributed by atoms with van der Waals surface area (Å²) in [5.41, 5.74) is -0.694. The van der Waals surface area contributed by atoms with Gasteiger partial charge >= 0.3 is 30.8 Å². The maximum atomic E-state index is 14.5. The molecule has 2 aromatic carbocycles. The molecule has 16 heteroatoms. The van der Waals surface area contributed by atoms with Gasteiger partial charge < -0.3 is 18.8 Å². The van der Waals surface area contributed by atoms with Gasteiger partial charge in [0.15, 0.2) is 0 Å². The smallest absolute Gasteiger partial charge is 0.399 e. The van der Waals surface area contributed by atoms with Crippen LogP contribution in [-0.4, -0.2) is 73.0 Å². The summed E-state index contributed by atoms with van der Waals surface area (Å²) >= 11 is 3.24. The van der Waals surface area contributed by atoms with Crippen molar-refractivity contribution in [3.05, 3.63) is 52.0 Å². The molecule has 0 saturated carbocycles. The lowest BCUT2D eigenvalue weighted by molar-refractivity contribution is -0.143. The number of hydrogen-bond acceptors (Lipinski definition) is 6. The summed E-state index contributed by atoms with van der Waals surface area (Å²) in [5.74, 6) is -9.51. The highest BCUT2D eigenvalue weighted by Gasteiger charge is 2.56. The van der Waals surface area contributed by atoms with Crippen LogP contribution in [0, 0.1) is 0 Å². The number of fused-ring (bicyclic) bond motifs is 2. The molecule has 3 aliphatic rings. The van der Waals surface area contributed by atoms with E-state index in [1.807, 2.05) is 27.7 Å². The predicted octanol–water partition coefficient (Wildman–Crippen LogP) is 7.94. The highest BCUT2D eigenvalue weighted by Crippen LogP contribution is 2.46. The Morgan fingerprint density at radius 2 is 1.10 bits per heavy atom. The summed E-state index contributed by atoms with van der Waals surface area (Å²) in [6.45, 7) is 21.5. The number of halogens is 5. The largest absolute Gasteiger partial charge is 0.494 e. The second kappa shape index (κ2) is 14.4. The van der Waals surface area contributed by atoms with Crippen LogP contribution in [0.1, 0.15) is 38.8 Å². The number of hydrogen-bond donors (Lipinski definition) is 0. The van der Waals surface area contributed by atoms with Gasteiger partial charge in [0.25, 0.3) is 0 Å². The van der Waals surface area contributed by atoms with Crippen molar-refractivity contribution in [1.82, 2.24) is 0 Å². The molecule has 0 spiro atoms. The van der Waals surface area contributed by atoms with Crippen LogP contribution in [0.2, 0.25) is 51.4 Å². The van der Waals surface area contributed by atoms with Gasteiger partial charge in [-0.05, 0) is 69.5 Å². The number of nitrogens with zero attached hydrogens (tertiary/aromatic N) is 2. The zero-order valence-corrected chi connectivity index (χ0v) is 34.1. The number of alkyl halides is 4. The first-order chi connectivity index (χ1) is 22.8. The minimum Gasteiger partial charge on any atom is -0.399 e. The monoisotopic (exact) mass is 802 g/mol. The third-order valence-electron chi connectivity index (χ3n) is 9.23. The number of carbonyl (C=O) groups excluding carboxylic acids is 2. The Labute approximate surface area is 303 Å². The van der Waals surface area contributed by atoms with Crippen molar-refractivity contribution in [3.8, 4) is 0 Å². The van der Waals surface area contributed by atoms with E-state index in [1.54, 1.807) is 6.07 Å². The van der Waals surface area contributed by atoms with E-state index >= 15 is 0 Å². The van der Waals surface area contributed by atoms with Gasteiger partial charge in [-0.3, -0.25) is 19.4 Å². The van der Waals surface area contributed by atoms with Crippen LogP contribution in [-0.2, 0) is 40.2 Å². The molecule has 0 unspecified atom stereocenters.